The number of hydrogen-bond donors (Lipinski definition) is 2. The number of nitrogens with one attached hydrogen (secondary N) is 2. The molecule has 0 radical (unpaired) electrons. The zero-order valence-corrected chi connectivity index (χ0v) is 16.1. The fraction of sp³-hybridized carbons (Fsp3) is 0.200. The summed E-state index contributed by atoms with van der Waals surface area (Å²) in [6.45, 7) is 4.17. The van der Waals surface area contributed by atoms with Gasteiger partial charge in [-0.15, -0.1) is 0 Å². The lowest BCUT2D eigenvalue weighted by Crippen LogP contribution is -2.29. The molecule has 2 N–H and O–H groups in total. The van der Waals surface area contributed by atoms with Crippen LogP contribution in [0.15, 0.2) is 54.7 Å². The number of nitrogens with zero attached hydrogens (tertiary/aromatic N) is 2. The minimum Gasteiger partial charge on any atom is -0.362 e. The van der Waals surface area contributed by atoms with E-state index in [0.29, 0.717) is 10.1 Å². The zero-order valence-electron chi connectivity index (χ0n) is 14.5. The van der Waals surface area contributed by atoms with Gasteiger partial charge in [0.05, 0.1) is 17.8 Å². The molecule has 0 amide bonds. The zero-order chi connectivity index (χ0) is 18.3. The quantitative estimate of drug-likeness (QED) is 0.635. The molecule has 4 nitrogen and oxygen atoms in total. The van der Waals surface area contributed by atoms with E-state index in [4.69, 9.17) is 23.8 Å². The SMILES string of the molecule is Cc1cc([C@@H]2[C@H](c3ccccn3)NC(=S)N2c2ccc(Cl)cc2)c(C)[nH]1. The molecular formula is C20H19ClN4S. The van der Waals surface area contributed by atoms with Crippen molar-refractivity contribution in [3.8, 4) is 0 Å². The highest BCUT2D eigenvalue weighted by Crippen LogP contribution is 2.42. The third kappa shape index (κ3) is 2.97. The Labute approximate surface area is 163 Å². The molecule has 4 rings (SSSR count). The molecule has 0 unspecified atom stereocenters. The molecule has 0 saturated carbocycles. The van der Waals surface area contributed by atoms with Crippen LogP contribution in [0.5, 0.6) is 0 Å². The van der Waals surface area contributed by atoms with Gasteiger partial charge in [0.2, 0.25) is 0 Å². The van der Waals surface area contributed by atoms with Crippen molar-refractivity contribution < 1.29 is 0 Å². The van der Waals surface area contributed by atoms with Crippen LogP contribution < -0.4 is 10.2 Å². The Bertz CT molecular complexity index is 936. The predicted molar refractivity (Wildman–Crippen MR) is 110 cm³/mol. The smallest absolute Gasteiger partial charge is 0.174 e. The van der Waals surface area contributed by atoms with Gasteiger partial charge >= 0.3 is 0 Å². The standard InChI is InChI=1S/C20H19ClN4S/c1-12-11-16(13(2)23-12)19-18(17-5-3-4-10-22-17)24-20(26)25(19)15-8-6-14(21)7-9-15/h3-11,18-19,23H,1-2H3,(H,24,26)/t18-,19+/m0/s1. The number of hydrogen-bond acceptors (Lipinski definition) is 2. The van der Waals surface area contributed by atoms with Crippen LogP contribution in [0.3, 0.4) is 0 Å². The van der Waals surface area contributed by atoms with Crippen LogP contribution in [0, 0.1) is 13.8 Å². The molecule has 1 aliphatic heterocycles. The molecule has 132 valence electrons. The molecule has 0 aliphatic carbocycles. The Hall–Kier alpha value is -2.37. The highest BCUT2D eigenvalue weighted by atomic mass is 35.5. The van der Waals surface area contributed by atoms with E-state index in [1.807, 2.05) is 48.7 Å². The summed E-state index contributed by atoms with van der Waals surface area (Å²) < 4.78 is 0. The Kier molecular flexibility index (Phi) is 4.42. The summed E-state index contributed by atoms with van der Waals surface area (Å²) in [5.74, 6) is 0. The minimum absolute atomic E-state index is 0.00326. The molecule has 0 spiro atoms. The van der Waals surface area contributed by atoms with Crippen LogP contribution in [-0.4, -0.2) is 15.1 Å². The van der Waals surface area contributed by atoms with Crippen LogP contribution in [0.2, 0.25) is 5.02 Å². The molecule has 2 aromatic heterocycles. The lowest BCUT2D eigenvalue weighted by molar-refractivity contribution is 0.566. The normalized spacial score (nSPS) is 19.7. The van der Waals surface area contributed by atoms with E-state index in [9.17, 15) is 0 Å². The molecule has 1 aromatic carbocycles. The fourth-order valence-electron chi connectivity index (χ4n) is 3.60. The lowest BCUT2D eigenvalue weighted by atomic mass is 9.96. The summed E-state index contributed by atoms with van der Waals surface area (Å²) in [6.07, 6.45) is 1.82. The van der Waals surface area contributed by atoms with Gasteiger partial charge in [-0.25, -0.2) is 0 Å². The van der Waals surface area contributed by atoms with Crippen LogP contribution >= 0.6 is 23.8 Å². The van der Waals surface area contributed by atoms with Gasteiger partial charge in [0.1, 0.15) is 0 Å². The average molecular weight is 383 g/mol. The Morgan fingerprint density at radius 2 is 1.88 bits per heavy atom. The van der Waals surface area contributed by atoms with Crippen molar-refractivity contribution in [2.45, 2.75) is 25.9 Å². The Morgan fingerprint density at radius 1 is 1.12 bits per heavy atom. The minimum atomic E-state index is -0.0340. The summed E-state index contributed by atoms with van der Waals surface area (Å²) >= 11 is 11.8. The molecule has 2 atom stereocenters. The first-order chi connectivity index (χ1) is 12.5. The Balaban J connectivity index is 1.85. The molecular weight excluding hydrogens is 364 g/mol. The number of aromatic nitrogens is 2. The van der Waals surface area contributed by atoms with Crippen molar-refractivity contribution in [2.75, 3.05) is 4.90 Å². The number of halogens is 1. The monoisotopic (exact) mass is 382 g/mol. The number of anilines is 1. The first kappa shape index (κ1) is 17.1. The highest BCUT2D eigenvalue weighted by Gasteiger charge is 2.41. The molecule has 1 saturated heterocycles. The van der Waals surface area contributed by atoms with Gasteiger partial charge in [-0.3, -0.25) is 4.98 Å². The number of benzene rings is 1. The third-order valence-corrected chi connectivity index (χ3v) is 5.28. The van der Waals surface area contributed by atoms with Gasteiger partial charge in [-0.05, 0) is 74.1 Å². The van der Waals surface area contributed by atoms with Crippen molar-refractivity contribution in [3.63, 3.8) is 0 Å². The summed E-state index contributed by atoms with van der Waals surface area (Å²) in [6, 6.07) is 15.9. The third-order valence-electron chi connectivity index (χ3n) is 4.71. The predicted octanol–water partition coefficient (Wildman–Crippen LogP) is 4.86. The van der Waals surface area contributed by atoms with E-state index in [1.54, 1.807) is 0 Å². The number of pyridine rings is 1. The lowest BCUT2D eigenvalue weighted by Gasteiger charge is -2.28. The highest BCUT2D eigenvalue weighted by molar-refractivity contribution is 7.80. The molecule has 0 bridgehead atoms. The van der Waals surface area contributed by atoms with Crippen LogP contribution in [0.1, 0.15) is 34.7 Å². The van der Waals surface area contributed by atoms with Gasteiger partial charge in [-0.1, -0.05) is 17.7 Å². The number of thiocarbonyl (C=S) groups is 1. The van der Waals surface area contributed by atoms with Crippen molar-refractivity contribution in [2.24, 2.45) is 0 Å². The van der Waals surface area contributed by atoms with Crippen molar-refractivity contribution in [1.29, 1.82) is 0 Å². The molecule has 3 aromatic rings. The average Bonchev–Trinajstić information content (AvgIpc) is 3.15. The Morgan fingerprint density at radius 3 is 2.50 bits per heavy atom. The van der Waals surface area contributed by atoms with E-state index >= 15 is 0 Å². The van der Waals surface area contributed by atoms with Crippen LogP contribution in [-0.2, 0) is 0 Å². The second-order valence-corrected chi connectivity index (χ2v) is 7.33. The maximum Gasteiger partial charge on any atom is 0.174 e. The summed E-state index contributed by atoms with van der Waals surface area (Å²) in [5.41, 5.74) is 5.45. The van der Waals surface area contributed by atoms with E-state index in [-0.39, 0.29) is 12.1 Å². The topological polar surface area (TPSA) is 44.0 Å². The van der Waals surface area contributed by atoms with Crippen molar-refractivity contribution >= 4 is 34.6 Å². The second-order valence-electron chi connectivity index (χ2n) is 6.51. The molecule has 6 heteroatoms. The van der Waals surface area contributed by atoms with E-state index < -0.39 is 0 Å². The number of H-pyrrole nitrogens is 1. The van der Waals surface area contributed by atoms with Gasteiger partial charge in [0.15, 0.2) is 5.11 Å². The summed E-state index contributed by atoms with van der Waals surface area (Å²) in [5, 5.41) is 4.86. The number of rotatable bonds is 3. The van der Waals surface area contributed by atoms with Gasteiger partial charge in [0.25, 0.3) is 0 Å². The molecule has 26 heavy (non-hydrogen) atoms. The first-order valence-electron chi connectivity index (χ1n) is 8.47. The van der Waals surface area contributed by atoms with Gasteiger partial charge < -0.3 is 15.2 Å². The summed E-state index contributed by atoms with van der Waals surface area (Å²) in [7, 11) is 0. The molecule has 1 fully saturated rings. The van der Waals surface area contributed by atoms with Crippen molar-refractivity contribution in [3.05, 3.63) is 82.4 Å². The van der Waals surface area contributed by atoms with Gasteiger partial charge in [-0.2, -0.15) is 0 Å². The first-order valence-corrected chi connectivity index (χ1v) is 9.25. The maximum atomic E-state index is 6.08. The number of aryl methyl sites for hydroxylation is 2. The molecule has 1 aliphatic rings. The maximum absolute atomic E-state index is 6.08. The van der Waals surface area contributed by atoms with Crippen molar-refractivity contribution in [1.82, 2.24) is 15.3 Å². The van der Waals surface area contributed by atoms with Crippen LogP contribution in [0.4, 0.5) is 5.69 Å². The fourth-order valence-corrected chi connectivity index (χ4v) is 4.08. The molecule has 3 heterocycles. The largest absolute Gasteiger partial charge is 0.362 e. The second kappa shape index (κ2) is 6.74. The van der Waals surface area contributed by atoms with E-state index in [2.05, 4.69) is 40.1 Å². The number of aromatic amines is 1. The van der Waals surface area contributed by atoms with E-state index in [1.165, 1.54) is 5.56 Å². The van der Waals surface area contributed by atoms with E-state index in [0.717, 1.165) is 22.8 Å². The van der Waals surface area contributed by atoms with Crippen LogP contribution in [0.25, 0.3) is 0 Å². The summed E-state index contributed by atoms with van der Waals surface area (Å²) in [4.78, 5) is 10.1. The van der Waals surface area contributed by atoms with Gasteiger partial charge in [0, 0.05) is 28.3 Å².